The fourth-order valence-electron chi connectivity index (χ4n) is 4.31. The van der Waals surface area contributed by atoms with Crippen molar-refractivity contribution in [2.24, 2.45) is 0 Å². The van der Waals surface area contributed by atoms with Crippen LogP contribution in [0.5, 0.6) is 0 Å². The maximum atomic E-state index is 9.61. The minimum absolute atomic E-state index is 0.457. The van der Waals surface area contributed by atoms with E-state index in [1.165, 1.54) is 0 Å². The van der Waals surface area contributed by atoms with Gasteiger partial charge in [0.25, 0.3) is 0 Å². The molecule has 4 heteroatoms. The zero-order valence-electron chi connectivity index (χ0n) is 18.7. The van der Waals surface area contributed by atoms with E-state index in [1.807, 2.05) is 78.9 Å². The molecule has 0 saturated carbocycles. The summed E-state index contributed by atoms with van der Waals surface area (Å²) in [6.45, 7) is 0. The highest BCUT2D eigenvalue weighted by Crippen LogP contribution is 2.40. The van der Waals surface area contributed by atoms with Gasteiger partial charge in [0.05, 0.1) is 40.6 Å². The highest BCUT2D eigenvalue weighted by atomic mass is 15.1. The van der Waals surface area contributed by atoms with E-state index < -0.39 is 0 Å². The second kappa shape index (κ2) is 9.24. The molecule has 0 spiro atoms. The first-order chi connectivity index (χ1) is 17.2. The number of nitrogens with zero attached hydrogens (tertiary/aromatic N) is 4. The third-order valence-electron chi connectivity index (χ3n) is 5.93. The van der Waals surface area contributed by atoms with Crippen molar-refractivity contribution < 1.29 is 0 Å². The molecule has 0 heterocycles. The lowest BCUT2D eigenvalue weighted by atomic mass is 9.99. The maximum Gasteiger partial charge on any atom is 0.0998 e. The van der Waals surface area contributed by atoms with Crippen molar-refractivity contribution >= 4 is 27.8 Å². The molecular weight excluding hydrogens is 428 g/mol. The Labute approximate surface area is 203 Å². The minimum atomic E-state index is 0.457. The molecule has 0 atom stereocenters. The standard InChI is InChI=1S/C31H18N4/c32-19-22-16-23(20-33)18-26(17-22)24-10-13-28(14-11-24)35(27-6-2-1-3-7-27)31-15-12-25(21-34)29-8-4-5-9-30(29)31/h1-18H. The highest BCUT2D eigenvalue weighted by molar-refractivity contribution is 6.01. The molecule has 0 aliphatic rings. The second-order valence-corrected chi connectivity index (χ2v) is 8.03. The molecular formula is C31H18N4. The van der Waals surface area contributed by atoms with Gasteiger partial charge in [-0.3, -0.25) is 0 Å². The lowest BCUT2D eigenvalue weighted by molar-refractivity contribution is 1.30. The van der Waals surface area contributed by atoms with Crippen LogP contribution in [0.25, 0.3) is 21.9 Å². The van der Waals surface area contributed by atoms with Gasteiger partial charge in [-0.2, -0.15) is 15.8 Å². The summed E-state index contributed by atoms with van der Waals surface area (Å²) in [5.74, 6) is 0. The molecule has 5 aromatic rings. The van der Waals surface area contributed by atoms with Crippen LogP contribution in [-0.2, 0) is 0 Å². The maximum absolute atomic E-state index is 9.61. The molecule has 0 aliphatic heterocycles. The third kappa shape index (κ3) is 4.07. The molecule has 0 aliphatic carbocycles. The molecule has 4 nitrogen and oxygen atoms in total. The van der Waals surface area contributed by atoms with Gasteiger partial charge in [-0.15, -0.1) is 0 Å². The number of nitriles is 3. The molecule has 0 aromatic heterocycles. The predicted octanol–water partition coefficient (Wildman–Crippen LogP) is 7.59. The Balaban J connectivity index is 1.66. The van der Waals surface area contributed by atoms with E-state index in [9.17, 15) is 15.8 Å². The van der Waals surface area contributed by atoms with Crippen LogP contribution in [0.1, 0.15) is 16.7 Å². The molecule has 0 N–H and O–H groups in total. The van der Waals surface area contributed by atoms with Crippen LogP contribution in [0.3, 0.4) is 0 Å². The van der Waals surface area contributed by atoms with Gasteiger partial charge in [0.15, 0.2) is 0 Å². The molecule has 0 fully saturated rings. The fourth-order valence-corrected chi connectivity index (χ4v) is 4.31. The second-order valence-electron chi connectivity index (χ2n) is 8.03. The Hall–Kier alpha value is -5.37. The SMILES string of the molecule is N#Cc1cc(C#N)cc(-c2ccc(N(c3ccccc3)c3ccc(C#N)c4ccccc34)cc2)c1. The third-order valence-corrected chi connectivity index (χ3v) is 5.93. The highest BCUT2D eigenvalue weighted by Gasteiger charge is 2.16. The fraction of sp³-hybridized carbons (Fsp3) is 0. The summed E-state index contributed by atoms with van der Waals surface area (Å²) in [5.41, 5.74) is 6.20. The van der Waals surface area contributed by atoms with Crippen molar-refractivity contribution in [1.82, 2.24) is 0 Å². The van der Waals surface area contributed by atoms with Crippen molar-refractivity contribution in [2.45, 2.75) is 0 Å². The first-order valence-corrected chi connectivity index (χ1v) is 11.0. The van der Waals surface area contributed by atoms with E-state index in [0.29, 0.717) is 16.7 Å². The summed E-state index contributed by atoms with van der Waals surface area (Å²) < 4.78 is 0. The first-order valence-electron chi connectivity index (χ1n) is 11.0. The number of fused-ring (bicyclic) bond motifs is 1. The molecule has 0 radical (unpaired) electrons. The lowest BCUT2D eigenvalue weighted by Gasteiger charge is -2.27. The zero-order chi connectivity index (χ0) is 24.2. The number of benzene rings is 5. The van der Waals surface area contributed by atoms with Crippen LogP contribution in [0, 0.1) is 34.0 Å². The van der Waals surface area contributed by atoms with E-state index in [-0.39, 0.29) is 0 Å². The normalized spacial score (nSPS) is 10.2. The van der Waals surface area contributed by atoms with Gasteiger partial charge in [-0.25, -0.2) is 0 Å². The van der Waals surface area contributed by atoms with Gasteiger partial charge in [-0.1, -0.05) is 54.6 Å². The number of anilines is 3. The predicted molar refractivity (Wildman–Crippen MR) is 138 cm³/mol. The number of hydrogen-bond acceptors (Lipinski definition) is 4. The lowest BCUT2D eigenvalue weighted by Crippen LogP contribution is -2.10. The molecule has 35 heavy (non-hydrogen) atoms. The Kier molecular flexibility index (Phi) is 5.67. The number of para-hydroxylation sites is 1. The van der Waals surface area contributed by atoms with E-state index in [0.717, 1.165) is 39.0 Å². The Bertz CT molecular complexity index is 1630. The average molecular weight is 447 g/mol. The van der Waals surface area contributed by atoms with E-state index in [4.69, 9.17) is 0 Å². The van der Waals surface area contributed by atoms with Gasteiger partial charge in [0.2, 0.25) is 0 Å². The summed E-state index contributed by atoms with van der Waals surface area (Å²) in [6.07, 6.45) is 0. The van der Waals surface area contributed by atoms with Crippen molar-refractivity contribution in [3.63, 3.8) is 0 Å². The van der Waals surface area contributed by atoms with Crippen molar-refractivity contribution in [1.29, 1.82) is 15.8 Å². The molecule has 0 unspecified atom stereocenters. The van der Waals surface area contributed by atoms with Gasteiger partial charge in [0.1, 0.15) is 0 Å². The van der Waals surface area contributed by atoms with Crippen molar-refractivity contribution in [3.8, 4) is 29.3 Å². The Morgan fingerprint density at radius 3 is 1.71 bits per heavy atom. The van der Waals surface area contributed by atoms with Gasteiger partial charge in [0, 0.05) is 22.1 Å². The average Bonchev–Trinajstić information content (AvgIpc) is 2.94. The van der Waals surface area contributed by atoms with E-state index in [1.54, 1.807) is 18.2 Å². The monoisotopic (exact) mass is 446 g/mol. The van der Waals surface area contributed by atoms with Gasteiger partial charge in [-0.05, 0) is 65.7 Å². The van der Waals surface area contributed by atoms with Gasteiger partial charge < -0.3 is 4.90 Å². The summed E-state index contributed by atoms with van der Waals surface area (Å²) in [4.78, 5) is 2.17. The summed E-state index contributed by atoms with van der Waals surface area (Å²) in [5, 5.41) is 30.2. The summed E-state index contributed by atoms with van der Waals surface area (Å²) in [7, 11) is 0. The molecule has 5 aromatic carbocycles. The van der Waals surface area contributed by atoms with Crippen LogP contribution in [0.15, 0.2) is 109 Å². The first kappa shape index (κ1) is 21.5. The Morgan fingerprint density at radius 1 is 0.486 bits per heavy atom. The molecule has 0 bridgehead atoms. The van der Waals surface area contributed by atoms with Gasteiger partial charge >= 0.3 is 0 Å². The molecule has 0 amide bonds. The van der Waals surface area contributed by atoms with Crippen molar-refractivity contribution in [3.05, 3.63) is 126 Å². The molecule has 5 rings (SSSR count). The van der Waals surface area contributed by atoms with Crippen LogP contribution in [0.4, 0.5) is 17.1 Å². The largest absolute Gasteiger partial charge is 0.310 e. The van der Waals surface area contributed by atoms with E-state index in [2.05, 4.69) is 35.2 Å². The number of rotatable bonds is 4. The summed E-state index contributed by atoms with van der Waals surface area (Å²) >= 11 is 0. The molecule has 0 saturated heterocycles. The Morgan fingerprint density at radius 2 is 1.09 bits per heavy atom. The van der Waals surface area contributed by atoms with Crippen LogP contribution >= 0.6 is 0 Å². The summed E-state index contributed by atoms with van der Waals surface area (Å²) in [6, 6.07) is 41.6. The zero-order valence-corrected chi connectivity index (χ0v) is 18.7. The van der Waals surface area contributed by atoms with Crippen LogP contribution in [0.2, 0.25) is 0 Å². The smallest absolute Gasteiger partial charge is 0.0998 e. The molecule has 162 valence electrons. The quantitative estimate of drug-likeness (QED) is 0.285. The van der Waals surface area contributed by atoms with Crippen LogP contribution in [-0.4, -0.2) is 0 Å². The number of hydrogen-bond donors (Lipinski definition) is 0. The van der Waals surface area contributed by atoms with Crippen molar-refractivity contribution in [2.75, 3.05) is 4.90 Å². The van der Waals surface area contributed by atoms with E-state index >= 15 is 0 Å². The minimum Gasteiger partial charge on any atom is -0.310 e. The van der Waals surface area contributed by atoms with Crippen LogP contribution < -0.4 is 4.90 Å². The topological polar surface area (TPSA) is 74.6 Å².